The number of hydrogen-bond donors (Lipinski definition) is 2. The summed E-state index contributed by atoms with van der Waals surface area (Å²) in [5.74, 6) is -0.616. The van der Waals surface area contributed by atoms with Crippen LogP contribution in [-0.2, 0) is 16.0 Å². The van der Waals surface area contributed by atoms with E-state index in [1.54, 1.807) is 18.2 Å². The van der Waals surface area contributed by atoms with Crippen LogP contribution in [0.3, 0.4) is 0 Å². The van der Waals surface area contributed by atoms with Crippen LogP contribution in [-0.4, -0.2) is 32.6 Å². The highest BCUT2D eigenvalue weighted by Crippen LogP contribution is 2.35. The zero-order chi connectivity index (χ0) is 19.8. The number of hydrogen-bond acceptors (Lipinski definition) is 4. The maximum Gasteiger partial charge on any atom is 0.233 e. The van der Waals surface area contributed by atoms with Crippen molar-refractivity contribution in [2.45, 2.75) is 12.8 Å². The Hall–Kier alpha value is -2.80. The molecule has 0 aliphatic rings. The third kappa shape index (κ3) is 5.86. The van der Waals surface area contributed by atoms with Gasteiger partial charge in [0.1, 0.15) is 23.7 Å². The molecule has 0 bridgehead atoms. The van der Waals surface area contributed by atoms with Crippen LogP contribution in [0.1, 0.15) is 12.0 Å². The molecule has 0 radical (unpaired) electrons. The van der Waals surface area contributed by atoms with Crippen molar-refractivity contribution in [3.05, 3.63) is 52.8 Å². The summed E-state index contributed by atoms with van der Waals surface area (Å²) < 4.78 is 23.8. The van der Waals surface area contributed by atoms with Crippen molar-refractivity contribution in [2.24, 2.45) is 0 Å². The molecule has 2 N–H and O–H groups in total. The first-order chi connectivity index (χ1) is 12.9. The molecule has 2 aromatic rings. The molecule has 0 heterocycles. The quantitative estimate of drug-likeness (QED) is 0.674. The van der Waals surface area contributed by atoms with Gasteiger partial charge in [-0.05, 0) is 18.1 Å². The Bertz CT molecular complexity index is 829. The summed E-state index contributed by atoms with van der Waals surface area (Å²) in [6.45, 7) is 0.227. The molecular formula is C19H20ClFN2O4. The lowest BCUT2D eigenvalue weighted by Gasteiger charge is -2.13. The first-order valence-corrected chi connectivity index (χ1v) is 8.54. The molecule has 27 heavy (non-hydrogen) atoms. The highest BCUT2D eigenvalue weighted by molar-refractivity contribution is 6.32. The van der Waals surface area contributed by atoms with E-state index in [0.29, 0.717) is 34.2 Å². The monoisotopic (exact) mass is 394 g/mol. The van der Waals surface area contributed by atoms with Crippen LogP contribution >= 0.6 is 11.6 Å². The fraction of sp³-hybridized carbons (Fsp3) is 0.263. The fourth-order valence-electron chi connectivity index (χ4n) is 2.40. The smallest absolute Gasteiger partial charge is 0.233 e. The molecule has 0 saturated heterocycles. The van der Waals surface area contributed by atoms with E-state index in [1.807, 2.05) is 0 Å². The minimum absolute atomic E-state index is 0.227. The van der Waals surface area contributed by atoms with E-state index in [2.05, 4.69) is 10.6 Å². The average Bonchev–Trinajstić information content (AvgIpc) is 2.64. The van der Waals surface area contributed by atoms with Gasteiger partial charge in [0.05, 0.1) is 24.9 Å². The first kappa shape index (κ1) is 20.5. The number of ether oxygens (including phenoxy) is 2. The van der Waals surface area contributed by atoms with Crippen LogP contribution in [0, 0.1) is 5.82 Å². The van der Waals surface area contributed by atoms with Crippen LogP contribution in [0.5, 0.6) is 11.5 Å². The summed E-state index contributed by atoms with van der Waals surface area (Å²) in [5, 5.41) is 5.51. The van der Waals surface area contributed by atoms with Crippen LogP contribution in [0.2, 0.25) is 5.02 Å². The predicted molar refractivity (Wildman–Crippen MR) is 101 cm³/mol. The van der Waals surface area contributed by atoms with Gasteiger partial charge in [-0.2, -0.15) is 0 Å². The molecule has 0 aromatic heterocycles. The Morgan fingerprint density at radius 1 is 1.07 bits per heavy atom. The predicted octanol–water partition coefficient (Wildman–Crippen LogP) is 3.18. The van der Waals surface area contributed by atoms with Crippen molar-refractivity contribution in [1.82, 2.24) is 5.32 Å². The summed E-state index contributed by atoms with van der Waals surface area (Å²) >= 11 is 6.01. The first-order valence-electron chi connectivity index (χ1n) is 8.16. The van der Waals surface area contributed by atoms with E-state index in [-0.39, 0.29) is 18.8 Å². The standard InChI is InChI=1S/C19H20ClFN2O4/c1-26-16-10-15(17(27-2)9-13(16)20)23-19(25)11-18(24)22-8-7-12-5-3-4-6-14(12)21/h3-6,9-10H,7-8,11H2,1-2H3,(H,22,24)(H,23,25). The van der Waals surface area contributed by atoms with E-state index >= 15 is 0 Å². The molecular weight excluding hydrogens is 375 g/mol. The molecule has 0 saturated carbocycles. The number of amides is 2. The van der Waals surface area contributed by atoms with Crippen LogP contribution < -0.4 is 20.1 Å². The summed E-state index contributed by atoms with van der Waals surface area (Å²) in [6, 6.07) is 9.34. The van der Waals surface area contributed by atoms with Crippen molar-refractivity contribution in [1.29, 1.82) is 0 Å². The van der Waals surface area contributed by atoms with Crippen molar-refractivity contribution >= 4 is 29.1 Å². The second kappa shape index (κ2) is 9.78. The Morgan fingerprint density at radius 2 is 1.78 bits per heavy atom. The zero-order valence-corrected chi connectivity index (χ0v) is 15.7. The van der Waals surface area contributed by atoms with E-state index in [1.165, 1.54) is 32.4 Å². The normalized spacial score (nSPS) is 10.2. The van der Waals surface area contributed by atoms with E-state index < -0.39 is 11.8 Å². The number of anilines is 1. The number of benzene rings is 2. The Morgan fingerprint density at radius 3 is 2.44 bits per heavy atom. The maximum absolute atomic E-state index is 13.5. The number of carbonyl (C=O) groups excluding carboxylic acids is 2. The van der Waals surface area contributed by atoms with Crippen LogP contribution in [0.4, 0.5) is 10.1 Å². The highest BCUT2D eigenvalue weighted by atomic mass is 35.5. The van der Waals surface area contributed by atoms with Crippen molar-refractivity contribution < 1.29 is 23.5 Å². The molecule has 0 fully saturated rings. The molecule has 8 heteroatoms. The lowest BCUT2D eigenvalue weighted by Crippen LogP contribution is -2.29. The third-order valence-electron chi connectivity index (χ3n) is 3.74. The van der Waals surface area contributed by atoms with Crippen molar-refractivity contribution in [2.75, 3.05) is 26.1 Å². The zero-order valence-electron chi connectivity index (χ0n) is 15.0. The van der Waals surface area contributed by atoms with Gasteiger partial charge in [-0.1, -0.05) is 29.8 Å². The van der Waals surface area contributed by atoms with Gasteiger partial charge < -0.3 is 20.1 Å². The molecule has 0 spiro atoms. The van der Waals surface area contributed by atoms with Gasteiger partial charge in [0.2, 0.25) is 11.8 Å². The molecule has 0 aliphatic carbocycles. The fourth-order valence-corrected chi connectivity index (χ4v) is 2.63. The minimum Gasteiger partial charge on any atom is -0.495 e. The van der Waals surface area contributed by atoms with Crippen LogP contribution in [0.25, 0.3) is 0 Å². The Balaban J connectivity index is 1.88. The molecule has 144 valence electrons. The number of rotatable bonds is 8. The number of carbonyl (C=O) groups is 2. The van der Waals surface area contributed by atoms with Crippen molar-refractivity contribution in [3.8, 4) is 11.5 Å². The highest BCUT2D eigenvalue weighted by Gasteiger charge is 2.15. The summed E-state index contributed by atoms with van der Waals surface area (Å²) in [4.78, 5) is 24.0. The molecule has 0 aliphatic heterocycles. The number of nitrogens with one attached hydrogen (secondary N) is 2. The molecule has 2 aromatic carbocycles. The molecule has 6 nitrogen and oxygen atoms in total. The van der Waals surface area contributed by atoms with Gasteiger partial charge in [-0.15, -0.1) is 0 Å². The largest absolute Gasteiger partial charge is 0.495 e. The number of methoxy groups -OCH3 is 2. The lowest BCUT2D eigenvalue weighted by molar-refractivity contribution is -0.126. The van der Waals surface area contributed by atoms with Crippen molar-refractivity contribution in [3.63, 3.8) is 0 Å². The summed E-state index contributed by atoms with van der Waals surface area (Å²) in [6.07, 6.45) is -0.0480. The average molecular weight is 395 g/mol. The lowest BCUT2D eigenvalue weighted by atomic mass is 10.1. The topological polar surface area (TPSA) is 76.7 Å². The number of halogens is 2. The second-order valence-corrected chi connectivity index (χ2v) is 6.01. The molecule has 2 amide bonds. The van der Waals surface area contributed by atoms with Gasteiger partial charge in [0.15, 0.2) is 0 Å². The van der Waals surface area contributed by atoms with E-state index in [0.717, 1.165) is 0 Å². The minimum atomic E-state index is -0.527. The summed E-state index contributed by atoms with van der Waals surface area (Å²) in [5.41, 5.74) is 0.836. The molecule has 0 unspecified atom stereocenters. The van der Waals surface area contributed by atoms with Gasteiger partial charge in [-0.3, -0.25) is 9.59 Å². The third-order valence-corrected chi connectivity index (χ3v) is 4.04. The van der Waals surface area contributed by atoms with E-state index in [9.17, 15) is 14.0 Å². The van der Waals surface area contributed by atoms with Gasteiger partial charge in [0.25, 0.3) is 0 Å². The van der Waals surface area contributed by atoms with Gasteiger partial charge >= 0.3 is 0 Å². The maximum atomic E-state index is 13.5. The molecule has 0 atom stereocenters. The Kier molecular flexibility index (Phi) is 7.43. The molecule has 2 rings (SSSR count). The summed E-state index contributed by atoms with van der Waals surface area (Å²) in [7, 11) is 2.88. The van der Waals surface area contributed by atoms with Gasteiger partial charge in [0, 0.05) is 18.7 Å². The SMILES string of the molecule is COc1cc(NC(=O)CC(=O)NCCc2ccccc2F)c(OC)cc1Cl. The second-order valence-electron chi connectivity index (χ2n) is 5.60. The van der Waals surface area contributed by atoms with E-state index in [4.69, 9.17) is 21.1 Å². The van der Waals surface area contributed by atoms with Gasteiger partial charge in [-0.25, -0.2) is 4.39 Å². The van der Waals surface area contributed by atoms with Crippen LogP contribution in [0.15, 0.2) is 36.4 Å². The Labute approximate surface area is 161 Å².